The van der Waals surface area contributed by atoms with Crippen molar-refractivity contribution in [2.45, 2.75) is 13.5 Å². The smallest absolute Gasteiger partial charge is 0.176 e. The fourth-order valence-corrected chi connectivity index (χ4v) is 3.24. The Labute approximate surface area is 170 Å². The number of rotatable bonds is 7. The molecular formula is C24H23N5. The second-order valence-corrected chi connectivity index (χ2v) is 6.74. The SMILES string of the molecule is CCN(Cc1ccccc1)c1ccc(C=NNc2nncc3ccccc23)cc1. The number of hydrogen-bond donors (Lipinski definition) is 1. The molecule has 0 saturated carbocycles. The Morgan fingerprint density at radius 3 is 2.48 bits per heavy atom. The number of nitrogens with zero attached hydrogens (tertiary/aromatic N) is 4. The standard InChI is InChI=1S/C24H23N5/c1-2-29(18-20-8-4-3-5-9-20)22-14-12-19(13-15-22)16-25-27-24-23-11-7-6-10-21(23)17-26-28-24/h3-17H,2,18H2,1H3,(H,27,28). The highest BCUT2D eigenvalue weighted by atomic mass is 15.3. The highest BCUT2D eigenvalue weighted by Gasteiger charge is 2.05. The molecule has 1 aromatic heterocycles. The molecule has 0 radical (unpaired) electrons. The van der Waals surface area contributed by atoms with Crippen LogP contribution in [-0.4, -0.2) is 23.0 Å². The Hall–Kier alpha value is -3.73. The molecule has 0 saturated heterocycles. The van der Waals surface area contributed by atoms with E-state index in [1.165, 1.54) is 11.3 Å². The van der Waals surface area contributed by atoms with Gasteiger partial charge in [-0.15, -0.1) is 5.10 Å². The van der Waals surface area contributed by atoms with Crippen molar-refractivity contribution < 1.29 is 0 Å². The molecule has 0 spiro atoms. The summed E-state index contributed by atoms with van der Waals surface area (Å²) < 4.78 is 0. The monoisotopic (exact) mass is 381 g/mol. The van der Waals surface area contributed by atoms with Gasteiger partial charge < -0.3 is 4.90 Å². The summed E-state index contributed by atoms with van der Waals surface area (Å²) in [6, 6.07) is 26.9. The number of nitrogens with one attached hydrogen (secondary N) is 1. The second-order valence-electron chi connectivity index (χ2n) is 6.74. The number of hydrogen-bond acceptors (Lipinski definition) is 5. The molecular weight excluding hydrogens is 358 g/mol. The van der Waals surface area contributed by atoms with Crippen LogP contribution in [0.1, 0.15) is 18.1 Å². The fraction of sp³-hybridized carbons (Fsp3) is 0.125. The van der Waals surface area contributed by atoms with Crippen molar-refractivity contribution in [1.29, 1.82) is 0 Å². The van der Waals surface area contributed by atoms with Gasteiger partial charge in [-0.05, 0) is 30.2 Å². The van der Waals surface area contributed by atoms with Gasteiger partial charge in [0.1, 0.15) is 0 Å². The number of hydrazone groups is 1. The first-order valence-corrected chi connectivity index (χ1v) is 9.72. The van der Waals surface area contributed by atoms with Crippen LogP contribution in [0.3, 0.4) is 0 Å². The van der Waals surface area contributed by atoms with E-state index in [2.05, 4.69) is 81.1 Å². The maximum Gasteiger partial charge on any atom is 0.176 e. The maximum atomic E-state index is 4.33. The molecule has 0 unspecified atom stereocenters. The predicted molar refractivity (Wildman–Crippen MR) is 120 cm³/mol. The molecule has 29 heavy (non-hydrogen) atoms. The van der Waals surface area contributed by atoms with E-state index < -0.39 is 0 Å². The van der Waals surface area contributed by atoms with Crippen molar-refractivity contribution in [1.82, 2.24) is 10.2 Å². The van der Waals surface area contributed by atoms with Gasteiger partial charge in [-0.2, -0.15) is 10.2 Å². The van der Waals surface area contributed by atoms with Gasteiger partial charge in [0.2, 0.25) is 0 Å². The quantitative estimate of drug-likeness (QED) is 0.357. The van der Waals surface area contributed by atoms with E-state index in [1.807, 2.05) is 30.3 Å². The van der Waals surface area contributed by atoms with E-state index in [9.17, 15) is 0 Å². The number of anilines is 2. The predicted octanol–water partition coefficient (Wildman–Crippen LogP) is 5.10. The Bertz CT molecular complexity index is 1090. The van der Waals surface area contributed by atoms with Crippen LogP contribution in [0.4, 0.5) is 11.5 Å². The summed E-state index contributed by atoms with van der Waals surface area (Å²) in [6.07, 6.45) is 3.54. The highest BCUT2D eigenvalue weighted by molar-refractivity contribution is 5.91. The summed E-state index contributed by atoms with van der Waals surface area (Å²) in [7, 11) is 0. The van der Waals surface area contributed by atoms with Gasteiger partial charge in [-0.1, -0.05) is 66.7 Å². The minimum Gasteiger partial charge on any atom is -0.367 e. The average molecular weight is 381 g/mol. The van der Waals surface area contributed by atoms with E-state index >= 15 is 0 Å². The largest absolute Gasteiger partial charge is 0.367 e. The average Bonchev–Trinajstić information content (AvgIpc) is 2.79. The minimum atomic E-state index is 0.649. The lowest BCUT2D eigenvalue weighted by Gasteiger charge is -2.23. The summed E-state index contributed by atoms with van der Waals surface area (Å²) in [5.41, 5.74) is 6.52. The normalized spacial score (nSPS) is 11.1. The van der Waals surface area contributed by atoms with Gasteiger partial charge in [0.05, 0.1) is 12.4 Å². The lowest BCUT2D eigenvalue weighted by Crippen LogP contribution is -2.21. The van der Waals surface area contributed by atoms with Crippen LogP contribution in [0.25, 0.3) is 10.8 Å². The zero-order valence-corrected chi connectivity index (χ0v) is 16.4. The molecule has 1 heterocycles. The third-order valence-electron chi connectivity index (χ3n) is 4.81. The van der Waals surface area contributed by atoms with Crippen LogP contribution >= 0.6 is 0 Å². The van der Waals surface area contributed by atoms with Crippen molar-refractivity contribution >= 4 is 28.5 Å². The van der Waals surface area contributed by atoms with Gasteiger partial charge in [0.25, 0.3) is 0 Å². The summed E-state index contributed by atoms with van der Waals surface area (Å²) in [6.45, 7) is 4.02. The summed E-state index contributed by atoms with van der Waals surface area (Å²) in [4.78, 5) is 2.35. The van der Waals surface area contributed by atoms with Crippen LogP contribution in [0, 0.1) is 0 Å². The van der Waals surface area contributed by atoms with Gasteiger partial charge in [-0.25, -0.2) is 0 Å². The zero-order valence-electron chi connectivity index (χ0n) is 16.4. The Morgan fingerprint density at radius 1 is 0.931 bits per heavy atom. The van der Waals surface area contributed by atoms with Crippen molar-refractivity contribution in [2.75, 3.05) is 16.9 Å². The van der Waals surface area contributed by atoms with Crippen molar-refractivity contribution in [3.63, 3.8) is 0 Å². The first kappa shape index (κ1) is 18.6. The van der Waals surface area contributed by atoms with Gasteiger partial charge in [0, 0.05) is 29.5 Å². The van der Waals surface area contributed by atoms with Gasteiger partial charge in [0.15, 0.2) is 5.82 Å². The molecule has 0 bridgehead atoms. The summed E-state index contributed by atoms with van der Waals surface area (Å²) >= 11 is 0. The molecule has 144 valence electrons. The fourth-order valence-electron chi connectivity index (χ4n) is 3.24. The molecule has 4 aromatic rings. The number of benzene rings is 3. The molecule has 3 aromatic carbocycles. The number of fused-ring (bicyclic) bond motifs is 1. The molecule has 0 aliphatic carbocycles. The maximum absolute atomic E-state index is 4.33. The second kappa shape index (κ2) is 8.97. The first-order valence-electron chi connectivity index (χ1n) is 9.72. The molecule has 0 aliphatic heterocycles. The van der Waals surface area contributed by atoms with E-state index in [0.29, 0.717) is 5.82 Å². The van der Waals surface area contributed by atoms with Crippen LogP contribution in [0.15, 0.2) is 90.2 Å². The van der Waals surface area contributed by atoms with E-state index in [0.717, 1.165) is 29.4 Å². The molecule has 0 amide bonds. The Kier molecular flexibility index (Phi) is 5.76. The molecule has 5 nitrogen and oxygen atoms in total. The van der Waals surface area contributed by atoms with E-state index in [4.69, 9.17) is 0 Å². The Morgan fingerprint density at radius 2 is 1.69 bits per heavy atom. The van der Waals surface area contributed by atoms with E-state index in [1.54, 1.807) is 12.4 Å². The molecule has 0 atom stereocenters. The molecule has 0 fully saturated rings. The lowest BCUT2D eigenvalue weighted by atomic mass is 10.1. The van der Waals surface area contributed by atoms with Crippen molar-refractivity contribution in [2.24, 2.45) is 5.10 Å². The lowest BCUT2D eigenvalue weighted by molar-refractivity contribution is 0.832. The van der Waals surface area contributed by atoms with Crippen LogP contribution in [0.2, 0.25) is 0 Å². The first-order chi connectivity index (χ1) is 14.3. The molecule has 4 rings (SSSR count). The summed E-state index contributed by atoms with van der Waals surface area (Å²) in [5.74, 6) is 0.649. The number of aromatic nitrogens is 2. The van der Waals surface area contributed by atoms with Crippen molar-refractivity contribution in [3.05, 3.63) is 96.2 Å². The van der Waals surface area contributed by atoms with Crippen LogP contribution < -0.4 is 10.3 Å². The molecule has 0 aliphatic rings. The van der Waals surface area contributed by atoms with Crippen molar-refractivity contribution in [3.8, 4) is 0 Å². The topological polar surface area (TPSA) is 53.4 Å². The van der Waals surface area contributed by atoms with Crippen LogP contribution in [-0.2, 0) is 6.54 Å². The van der Waals surface area contributed by atoms with Gasteiger partial charge >= 0.3 is 0 Å². The molecule has 5 heteroatoms. The highest BCUT2D eigenvalue weighted by Crippen LogP contribution is 2.20. The third-order valence-corrected chi connectivity index (χ3v) is 4.81. The zero-order chi connectivity index (χ0) is 19.9. The minimum absolute atomic E-state index is 0.649. The molecule has 1 N–H and O–H groups in total. The van der Waals surface area contributed by atoms with Gasteiger partial charge in [-0.3, -0.25) is 5.43 Å². The third kappa shape index (κ3) is 4.58. The van der Waals surface area contributed by atoms with Crippen LogP contribution in [0.5, 0.6) is 0 Å². The summed E-state index contributed by atoms with van der Waals surface area (Å²) in [5, 5.41) is 14.5. The van der Waals surface area contributed by atoms with E-state index in [-0.39, 0.29) is 0 Å². The Balaban J connectivity index is 1.43.